The molecule has 29 heavy (non-hydrogen) atoms. The Morgan fingerprint density at radius 2 is 1.69 bits per heavy atom. The number of carbonyl (C=O) groups is 3. The Kier molecular flexibility index (Phi) is 7.25. The van der Waals surface area contributed by atoms with Crippen molar-refractivity contribution >= 4 is 18.2 Å². The maximum atomic E-state index is 12.6. The Bertz CT molecular complexity index is 767. The van der Waals surface area contributed by atoms with Crippen LogP contribution in [0.25, 0.3) is 0 Å². The lowest BCUT2D eigenvalue weighted by atomic mass is 10.2. The number of ether oxygens (including phenoxy) is 3. The third kappa shape index (κ3) is 6.81. The van der Waals surface area contributed by atoms with Crippen LogP contribution in [0.1, 0.15) is 34.6 Å². The molecule has 1 aromatic rings. The largest absolute Gasteiger partial charge is 0.461 e. The minimum atomic E-state index is -0.729. The van der Waals surface area contributed by atoms with Crippen molar-refractivity contribution in [2.45, 2.75) is 40.2 Å². The van der Waals surface area contributed by atoms with Gasteiger partial charge >= 0.3 is 18.2 Å². The van der Waals surface area contributed by atoms with Crippen LogP contribution in [0.4, 0.5) is 9.59 Å². The van der Waals surface area contributed by atoms with Crippen molar-refractivity contribution < 1.29 is 28.6 Å². The normalized spacial score (nSPS) is 14.3. The minimum Gasteiger partial charge on any atom is -0.461 e. The van der Waals surface area contributed by atoms with Gasteiger partial charge in [-0.15, -0.1) is 0 Å². The van der Waals surface area contributed by atoms with Crippen LogP contribution in [0.2, 0.25) is 0 Å². The molecule has 1 aliphatic rings. The summed E-state index contributed by atoms with van der Waals surface area (Å²) in [7, 11) is 0. The van der Waals surface area contributed by atoms with Gasteiger partial charge < -0.3 is 14.2 Å². The molecule has 158 valence electrons. The van der Waals surface area contributed by atoms with E-state index in [1.165, 1.54) is 16.0 Å². The van der Waals surface area contributed by atoms with Gasteiger partial charge in [0.2, 0.25) is 0 Å². The van der Waals surface area contributed by atoms with Crippen LogP contribution in [-0.2, 0) is 14.3 Å². The van der Waals surface area contributed by atoms with Crippen molar-refractivity contribution in [3.63, 3.8) is 0 Å². The summed E-state index contributed by atoms with van der Waals surface area (Å²) >= 11 is 0. The molecule has 0 saturated heterocycles. The third-order valence-electron chi connectivity index (χ3n) is 3.69. The van der Waals surface area contributed by atoms with Crippen molar-refractivity contribution in [2.24, 2.45) is 5.92 Å². The first-order valence-electron chi connectivity index (χ1n) is 9.50. The van der Waals surface area contributed by atoms with Gasteiger partial charge in [0.1, 0.15) is 17.0 Å². The van der Waals surface area contributed by atoms with Crippen molar-refractivity contribution in [1.29, 1.82) is 0 Å². The zero-order valence-electron chi connectivity index (χ0n) is 17.5. The smallest absolute Gasteiger partial charge is 0.419 e. The number of rotatable bonds is 4. The van der Waals surface area contributed by atoms with Crippen molar-refractivity contribution in [1.82, 2.24) is 9.80 Å². The Balaban J connectivity index is 2.21. The summed E-state index contributed by atoms with van der Waals surface area (Å²) in [5.41, 5.74) is -0.802. The van der Waals surface area contributed by atoms with Gasteiger partial charge in [0.25, 0.3) is 0 Å². The predicted molar refractivity (Wildman–Crippen MR) is 106 cm³/mol. The molecule has 1 aromatic carbocycles. The molecule has 0 radical (unpaired) electrons. The number of nitrogens with zero attached hydrogens (tertiary/aromatic N) is 2. The number of hydrogen-bond acceptors (Lipinski definition) is 6. The lowest BCUT2D eigenvalue weighted by Gasteiger charge is -2.33. The van der Waals surface area contributed by atoms with Gasteiger partial charge in [-0.3, -0.25) is 9.80 Å². The number of para-hydroxylation sites is 1. The molecule has 1 heterocycles. The highest BCUT2D eigenvalue weighted by Gasteiger charge is 2.34. The molecule has 0 aromatic heterocycles. The second-order valence-electron chi connectivity index (χ2n) is 8.01. The Morgan fingerprint density at radius 1 is 1.03 bits per heavy atom. The lowest BCUT2D eigenvalue weighted by Crippen LogP contribution is -2.48. The molecular formula is C21H28N2O6. The third-order valence-corrected chi connectivity index (χ3v) is 3.69. The van der Waals surface area contributed by atoms with Crippen molar-refractivity contribution in [3.8, 4) is 5.75 Å². The van der Waals surface area contributed by atoms with Gasteiger partial charge in [0.05, 0.1) is 6.61 Å². The second-order valence-corrected chi connectivity index (χ2v) is 8.01. The molecule has 0 N–H and O–H groups in total. The van der Waals surface area contributed by atoms with E-state index in [1.807, 2.05) is 13.8 Å². The maximum absolute atomic E-state index is 12.6. The summed E-state index contributed by atoms with van der Waals surface area (Å²) < 4.78 is 16.0. The molecule has 0 unspecified atom stereocenters. The van der Waals surface area contributed by atoms with E-state index in [0.717, 1.165) is 0 Å². The fourth-order valence-corrected chi connectivity index (χ4v) is 2.39. The zero-order valence-corrected chi connectivity index (χ0v) is 17.5. The van der Waals surface area contributed by atoms with Crippen LogP contribution >= 0.6 is 0 Å². The van der Waals surface area contributed by atoms with Gasteiger partial charge in [-0.25, -0.2) is 14.4 Å². The highest BCUT2D eigenvalue weighted by atomic mass is 16.6. The summed E-state index contributed by atoms with van der Waals surface area (Å²) in [6.45, 7) is 9.41. The van der Waals surface area contributed by atoms with E-state index in [0.29, 0.717) is 5.75 Å². The first-order chi connectivity index (χ1) is 13.6. The molecule has 1 aliphatic heterocycles. The van der Waals surface area contributed by atoms with E-state index < -0.39 is 23.8 Å². The predicted octanol–water partition coefficient (Wildman–Crippen LogP) is 3.78. The molecule has 8 nitrogen and oxygen atoms in total. The zero-order chi connectivity index (χ0) is 21.6. The molecule has 0 saturated carbocycles. The van der Waals surface area contributed by atoms with E-state index in [1.54, 1.807) is 51.1 Å². The minimum absolute atomic E-state index is 0.0708. The van der Waals surface area contributed by atoms with Gasteiger partial charge in [-0.2, -0.15) is 0 Å². The number of hydrogen-bond donors (Lipinski definition) is 0. The second kappa shape index (κ2) is 9.45. The average molecular weight is 404 g/mol. The molecular weight excluding hydrogens is 376 g/mol. The van der Waals surface area contributed by atoms with E-state index in [4.69, 9.17) is 14.2 Å². The molecule has 8 heteroatoms. The standard InChI is InChI=1S/C21H28N2O6/c1-15(2)14-27-18(24)17-13-22(19(25)28-16-9-7-6-8-10-16)11-12-23(17)20(26)29-21(3,4)5/h6-10,13,15H,11-12,14H2,1-5H3. The van der Waals surface area contributed by atoms with Crippen molar-refractivity contribution in [2.75, 3.05) is 19.7 Å². The SMILES string of the molecule is CC(C)COC(=O)C1=CN(C(=O)Oc2ccccc2)CCN1C(=O)OC(C)(C)C. The van der Waals surface area contributed by atoms with E-state index in [2.05, 4.69) is 0 Å². The summed E-state index contributed by atoms with van der Waals surface area (Å²) in [5, 5.41) is 0. The van der Waals surface area contributed by atoms with Crippen LogP contribution < -0.4 is 4.74 Å². The molecule has 2 rings (SSSR count). The summed E-state index contributed by atoms with van der Waals surface area (Å²) in [6.07, 6.45) is -0.0722. The monoisotopic (exact) mass is 404 g/mol. The van der Waals surface area contributed by atoms with Crippen LogP contribution in [-0.4, -0.2) is 53.3 Å². The summed E-state index contributed by atoms with van der Waals surface area (Å²) in [6, 6.07) is 8.59. The Hall–Kier alpha value is -3.03. The number of carbonyl (C=O) groups excluding carboxylic acids is 3. The summed E-state index contributed by atoms with van der Waals surface area (Å²) in [5.74, 6) is -0.205. The van der Waals surface area contributed by atoms with Gasteiger partial charge in [-0.05, 0) is 38.8 Å². The first kappa shape index (κ1) is 22.3. The molecule has 0 fully saturated rings. The van der Waals surface area contributed by atoms with Crippen molar-refractivity contribution in [3.05, 3.63) is 42.2 Å². The molecule has 0 atom stereocenters. The molecule has 0 bridgehead atoms. The van der Waals surface area contributed by atoms with Gasteiger partial charge in [0.15, 0.2) is 0 Å². The fraction of sp³-hybridized carbons (Fsp3) is 0.476. The maximum Gasteiger partial charge on any atom is 0.419 e. The van der Waals surface area contributed by atoms with Gasteiger partial charge in [0, 0.05) is 19.3 Å². The quantitative estimate of drug-likeness (QED) is 0.710. The fourth-order valence-electron chi connectivity index (χ4n) is 2.39. The highest BCUT2D eigenvalue weighted by molar-refractivity contribution is 5.93. The number of esters is 1. The van der Waals surface area contributed by atoms with E-state index in [9.17, 15) is 14.4 Å². The van der Waals surface area contributed by atoms with Crippen LogP contribution in [0, 0.1) is 5.92 Å². The highest BCUT2D eigenvalue weighted by Crippen LogP contribution is 2.20. The lowest BCUT2D eigenvalue weighted by molar-refractivity contribution is -0.142. The summed E-state index contributed by atoms with van der Waals surface area (Å²) in [4.78, 5) is 40.0. The van der Waals surface area contributed by atoms with E-state index in [-0.39, 0.29) is 31.3 Å². The Labute approximate surface area is 171 Å². The van der Waals surface area contributed by atoms with Crippen LogP contribution in [0.15, 0.2) is 42.2 Å². The van der Waals surface area contributed by atoms with Crippen LogP contribution in [0.3, 0.4) is 0 Å². The molecule has 0 spiro atoms. The molecule has 0 aliphatic carbocycles. The number of benzene rings is 1. The molecule has 2 amide bonds. The van der Waals surface area contributed by atoms with E-state index >= 15 is 0 Å². The van der Waals surface area contributed by atoms with Gasteiger partial charge in [-0.1, -0.05) is 32.0 Å². The topological polar surface area (TPSA) is 85.4 Å². The Morgan fingerprint density at radius 3 is 2.28 bits per heavy atom. The van der Waals surface area contributed by atoms with Crippen LogP contribution in [0.5, 0.6) is 5.75 Å². The average Bonchev–Trinajstić information content (AvgIpc) is 2.65. The first-order valence-corrected chi connectivity index (χ1v) is 9.50. The number of amides is 2.